The van der Waals surface area contributed by atoms with Crippen LogP contribution >= 0.6 is 0 Å². The van der Waals surface area contributed by atoms with Crippen LogP contribution in [0.1, 0.15) is 77.2 Å². The van der Waals surface area contributed by atoms with Crippen molar-refractivity contribution in [2.24, 2.45) is 23.1 Å². The van der Waals surface area contributed by atoms with Crippen LogP contribution in [0.15, 0.2) is 66.7 Å². The lowest BCUT2D eigenvalue weighted by Gasteiger charge is -2.27. The number of carbonyl (C=O) groups is 6. The molecule has 0 fully saturated rings. The predicted molar refractivity (Wildman–Crippen MR) is 214 cm³/mol. The summed E-state index contributed by atoms with van der Waals surface area (Å²) in [6.07, 6.45) is 6.19. The van der Waals surface area contributed by atoms with E-state index in [0.29, 0.717) is 44.3 Å². The van der Waals surface area contributed by atoms with E-state index in [1.807, 2.05) is 68.4 Å². The van der Waals surface area contributed by atoms with E-state index >= 15 is 0 Å². The zero-order valence-corrected chi connectivity index (χ0v) is 32.5. The molecule has 56 heavy (non-hydrogen) atoms. The fraction of sp³-hybridized carbons (Fsp3) is 0.512. The summed E-state index contributed by atoms with van der Waals surface area (Å²) in [5.41, 5.74) is 20.2. The molecule has 6 atom stereocenters. The van der Waals surface area contributed by atoms with Gasteiger partial charge in [-0.3, -0.25) is 24.0 Å². The van der Waals surface area contributed by atoms with E-state index in [1.165, 1.54) is 0 Å². The molecule has 1 heterocycles. The Labute approximate surface area is 329 Å². The van der Waals surface area contributed by atoms with E-state index in [9.17, 15) is 33.9 Å². The van der Waals surface area contributed by atoms with Crippen LogP contribution in [0.3, 0.4) is 0 Å². The summed E-state index contributed by atoms with van der Waals surface area (Å²) in [7, 11) is 0. The van der Waals surface area contributed by atoms with Crippen molar-refractivity contribution in [3.63, 3.8) is 0 Å². The molecule has 0 unspecified atom stereocenters. The molecule has 3 rings (SSSR count). The zero-order valence-electron chi connectivity index (χ0n) is 32.5. The highest BCUT2D eigenvalue weighted by Crippen LogP contribution is 2.20. The first-order valence-electron chi connectivity index (χ1n) is 19.5. The van der Waals surface area contributed by atoms with Crippen molar-refractivity contribution >= 4 is 35.5 Å². The number of rotatable bonds is 18. The van der Waals surface area contributed by atoms with Gasteiger partial charge in [-0.15, -0.1) is 0 Å². The quantitative estimate of drug-likeness (QED) is 0.0776. The number of nitrogens with one attached hydrogen (secondary N) is 5. The first-order valence-corrected chi connectivity index (χ1v) is 19.5. The van der Waals surface area contributed by atoms with Crippen LogP contribution in [0.2, 0.25) is 0 Å². The average Bonchev–Trinajstić information content (AvgIpc) is 3.17. The number of carboxylic acid groups (broad SMARTS) is 1. The lowest BCUT2D eigenvalue weighted by Crippen LogP contribution is -2.59. The third-order valence-corrected chi connectivity index (χ3v) is 9.51. The fourth-order valence-electron chi connectivity index (χ4n) is 6.31. The fourth-order valence-corrected chi connectivity index (χ4v) is 6.31. The molecule has 2 aromatic rings. The number of unbranched alkanes of at least 4 members (excludes halogenated alkanes) is 2. The molecule has 0 aliphatic carbocycles. The normalized spacial score (nSPS) is 21.1. The lowest BCUT2D eigenvalue weighted by molar-refractivity contribution is -0.142. The van der Waals surface area contributed by atoms with Crippen LogP contribution in [0.25, 0.3) is 11.1 Å². The molecule has 0 radical (unpaired) electrons. The molecule has 15 nitrogen and oxygen atoms in total. The molecular formula is C41H60N8O7. The Morgan fingerprint density at radius 2 is 1.29 bits per heavy atom. The molecule has 306 valence electrons. The van der Waals surface area contributed by atoms with Crippen molar-refractivity contribution in [2.75, 3.05) is 13.1 Å². The molecule has 0 bridgehead atoms. The summed E-state index contributed by atoms with van der Waals surface area (Å²) >= 11 is 0. The first-order chi connectivity index (χ1) is 26.8. The standard InChI is InChI=1S/C41H60N8O7/c1-26(2)24-35(41(55)56)49-40(54)34(25-27-18-20-29(21-19-27)28-12-4-3-5-13-28)48-39(53)32-15-7-6-14-30(44)36(50)45-31(16-8-10-22-42)37(51)47-33(38(52)46-32)17-9-11-23-43/h3-7,12-13,18-21,26,30-35H,8-11,14-17,22-25,42-44H2,1-2H3,(H,45,50)(H,46,52)(H,47,51)(H,48,53)(H,49,54)(H,55,56)/b7-6+/t30-,31-,32-,33-,34-,35-/m0/s1. The summed E-state index contributed by atoms with van der Waals surface area (Å²) in [5.74, 6) is -4.41. The number of hydrogen-bond acceptors (Lipinski definition) is 9. The third-order valence-electron chi connectivity index (χ3n) is 9.51. The predicted octanol–water partition coefficient (Wildman–Crippen LogP) is 1.39. The van der Waals surface area contributed by atoms with Gasteiger partial charge in [0.1, 0.15) is 30.2 Å². The molecule has 1 aliphatic rings. The number of benzene rings is 2. The summed E-state index contributed by atoms with van der Waals surface area (Å²) in [5, 5.41) is 23.5. The van der Waals surface area contributed by atoms with Crippen molar-refractivity contribution in [3.05, 3.63) is 72.3 Å². The Hall–Kier alpha value is -5.12. The lowest BCUT2D eigenvalue weighted by atomic mass is 9.99. The number of hydrogen-bond donors (Lipinski definition) is 9. The summed E-state index contributed by atoms with van der Waals surface area (Å²) < 4.78 is 0. The van der Waals surface area contributed by atoms with Gasteiger partial charge in [0, 0.05) is 6.42 Å². The molecule has 1 aliphatic heterocycles. The molecule has 0 saturated carbocycles. The highest BCUT2D eigenvalue weighted by atomic mass is 16.4. The van der Waals surface area contributed by atoms with Gasteiger partial charge in [-0.25, -0.2) is 4.79 Å². The monoisotopic (exact) mass is 776 g/mol. The van der Waals surface area contributed by atoms with Crippen LogP contribution in [0.4, 0.5) is 0 Å². The second-order valence-electron chi connectivity index (χ2n) is 14.7. The zero-order chi connectivity index (χ0) is 41.0. The van der Waals surface area contributed by atoms with Crippen molar-refractivity contribution in [2.45, 2.75) is 114 Å². The highest BCUT2D eigenvalue weighted by molar-refractivity contribution is 5.96. The van der Waals surface area contributed by atoms with Gasteiger partial charge in [0.15, 0.2) is 0 Å². The third kappa shape index (κ3) is 15.2. The Balaban J connectivity index is 1.94. The van der Waals surface area contributed by atoms with Crippen LogP contribution in [0.5, 0.6) is 0 Å². The van der Waals surface area contributed by atoms with Crippen molar-refractivity contribution in [3.8, 4) is 11.1 Å². The Morgan fingerprint density at radius 3 is 1.86 bits per heavy atom. The largest absolute Gasteiger partial charge is 0.480 e. The Kier molecular flexibility index (Phi) is 19.2. The van der Waals surface area contributed by atoms with Crippen LogP contribution in [-0.2, 0) is 35.2 Å². The van der Waals surface area contributed by atoms with E-state index in [-0.39, 0.29) is 44.4 Å². The summed E-state index contributed by atoms with van der Waals surface area (Å²) in [4.78, 5) is 80.5. The van der Waals surface area contributed by atoms with Gasteiger partial charge in [0.05, 0.1) is 6.04 Å². The van der Waals surface area contributed by atoms with E-state index in [4.69, 9.17) is 17.2 Å². The minimum Gasteiger partial charge on any atom is -0.480 e. The maximum Gasteiger partial charge on any atom is 0.326 e. The van der Waals surface area contributed by atoms with E-state index in [0.717, 1.165) is 11.1 Å². The van der Waals surface area contributed by atoms with Gasteiger partial charge in [0.25, 0.3) is 0 Å². The summed E-state index contributed by atoms with van der Waals surface area (Å²) in [6, 6.07) is 10.5. The van der Waals surface area contributed by atoms with Crippen molar-refractivity contribution in [1.82, 2.24) is 26.6 Å². The second kappa shape index (κ2) is 23.7. The average molecular weight is 777 g/mol. The maximum absolute atomic E-state index is 14.1. The Bertz CT molecular complexity index is 1620. The topological polar surface area (TPSA) is 261 Å². The molecule has 2 aromatic carbocycles. The molecule has 0 spiro atoms. The summed E-state index contributed by atoms with van der Waals surface area (Å²) in [6.45, 7) is 4.45. The number of aliphatic carboxylic acids is 1. The van der Waals surface area contributed by atoms with E-state index < -0.39 is 71.8 Å². The van der Waals surface area contributed by atoms with Gasteiger partial charge in [-0.05, 0) is 93.5 Å². The van der Waals surface area contributed by atoms with Crippen molar-refractivity contribution in [1.29, 1.82) is 0 Å². The molecule has 0 saturated heterocycles. The molecular weight excluding hydrogens is 716 g/mol. The van der Waals surface area contributed by atoms with Crippen LogP contribution in [0, 0.1) is 5.92 Å². The van der Waals surface area contributed by atoms with Gasteiger partial charge in [-0.1, -0.05) is 80.6 Å². The first kappa shape index (κ1) is 45.3. The van der Waals surface area contributed by atoms with Gasteiger partial charge >= 0.3 is 5.97 Å². The molecule has 12 N–H and O–H groups in total. The minimum atomic E-state index is -1.22. The number of amides is 5. The molecule has 5 amide bonds. The van der Waals surface area contributed by atoms with E-state index in [2.05, 4.69) is 26.6 Å². The van der Waals surface area contributed by atoms with Gasteiger partial charge < -0.3 is 48.9 Å². The van der Waals surface area contributed by atoms with E-state index in [1.54, 1.807) is 12.2 Å². The second-order valence-corrected chi connectivity index (χ2v) is 14.7. The molecule has 15 heteroatoms. The van der Waals surface area contributed by atoms with Crippen LogP contribution < -0.4 is 43.8 Å². The van der Waals surface area contributed by atoms with Gasteiger partial charge in [-0.2, -0.15) is 0 Å². The number of carbonyl (C=O) groups excluding carboxylic acids is 5. The van der Waals surface area contributed by atoms with Crippen LogP contribution in [-0.4, -0.2) is 90.0 Å². The molecule has 0 aromatic heterocycles. The van der Waals surface area contributed by atoms with Crippen molar-refractivity contribution < 1.29 is 33.9 Å². The van der Waals surface area contributed by atoms with Gasteiger partial charge in [0.2, 0.25) is 29.5 Å². The highest BCUT2D eigenvalue weighted by Gasteiger charge is 2.33. The SMILES string of the molecule is CC(C)C[C@H](NC(=O)[C@H](Cc1ccc(-c2ccccc2)cc1)NC(=O)[C@@H]1C/C=C/C[C@H](N)C(=O)N[C@@H](CCCCN)C(=O)N[C@@H](CCCCN)C(=O)N1)C(=O)O. The number of nitrogens with two attached hydrogens (primary N) is 3. The number of carboxylic acids is 1. The minimum absolute atomic E-state index is 0.0183. The maximum atomic E-state index is 14.1. The smallest absolute Gasteiger partial charge is 0.326 e. The Morgan fingerprint density at radius 1 is 0.732 bits per heavy atom.